The Morgan fingerprint density at radius 2 is 1.91 bits per heavy atom. The third-order valence-corrected chi connectivity index (χ3v) is 4.71. The summed E-state index contributed by atoms with van der Waals surface area (Å²) in [5.41, 5.74) is 0.197. The number of methoxy groups -OCH3 is 1. The molecule has 22 heavy (non-hydrogen) atoms. The van der Waals surface area contributed by atoms with Crippen LogP contribution < -0.4 is 0 Å². The van der Waals surface area contributed by atoms with Crippen molar-refractivity contribution in [2.24, 2.45) is 4.36 Å². The van der Waals surface area contributed by atoms with E-state index in [1.807, 2.05) is 0 Å². The van der Waals surface area contributed by atoms with Gasteiger partial charge in [0.2, 0.25) is 0 Å². The number of carbonyl (C=O) groups excluding carboxylic acids is 2. The van der Waals surface area contributed by atoms with Crippen LogP contribution in [0.15, 0.2) is 32.9 Å². The van der Waals surface area contributed by atoms with Crippen LogP contribution in [0, 0.1) is 0 Å². The highest BCUT2D eigenvalue weighted by atomic mass is 32.2. The van der Waals surface area contributed by atoms with Gasteiger partial charge in [0, 0.05) is 5.41 Å². The molecule has 1 unspecified atom stereocenters. The first kappa shape index (κ1) is 16.2. The number of nitrogens with zero attached hydrogens (tertiary/aromatic N) is 1. The van der Waals surface area contributed by atoms with Gasteiger partial charge in [-0.1, -0.05) is 0 Å². The predicted octanol–water partition coefficient (Wildman–Crippen LogP) is 3.22. The molecule has 0 bridgehead atoms. The molecule has 7 heteroatoms. The van der Waals surface area contributed by atoms with Gasteiger partial charge in [-0.25, -0.2) is 13.8 Å². The number of hydrogen-bond donors (Lipinski definition) is 0. The molecule has 2 rings (SSSR count). The van der Waals surface area contributed by atoms with E-state index in [2.05, 4.69) is 9.10 Å². The summed E-state index contributed by atoms with van der Waals surface area (Å²) >= 11 is 0. The van der Waals surface area contributed by atoms with E-state index in [9.17, 15) is 13.8 Å². The number of fused-ring (bicyclic) bond motifs is 1. The first-order valence-corrected chi connectivity index (χ1v) is 8.13. The molecule has 1 heterocycles. The van der Waals surface area contributed by atoms with Gasteiger partial charge in [-0.05, 0) is 50.6 Å². The molecule has 0 spiro atoms. The second-order valence-corrected chi connectivity index (χ2v) is 7.72. The van der Waals surface area contributed by atoms with E-state index in [1.54, 1.807) is 32.9 Å². The summed E-state index contributed by atoms with van der Waals surface area (Å²) in [5, 5.41) is 1.35. The van der Waals surface area contributed by atoms with Crippen molar-refractivity contribution in [1.82, 2.24) is 0 Å². The molecule has 0 aliphatic carbocycles. The fraction of sp³-hybridized carbons (Fsp3) is 0.333. The molecule has 0 saturated heterocycles. The number of benzene rings is 1. The maximum Gasteiger partial charge on any atom is 0.442 e. The third kappa shape index (κ3) is 3.36. The van der Waals surface area contributed by atoms with Crippen molar-refractivity contribution in [2.45, 2.75) is 31.3 Å². The molecule has 6 nitrogen and oxygen atoms in total. The van der Waals surface area contributed by atoms with Crippen molar-refractivity contribution in [3.05, 3.63) is 34.7 Å². The van der Waals surface area contributed by atoms with Gasteiger partial charge in [-0.15, -0.1) is 4.36 Å². The Kier molecular flexibility index (Phi) is 4.10. The van der Waals surface area contributed by atoms with E-state index in [0.29, 0.717) is 16.0 Å². The Bertz CT molecular complexity index is 780. The molecule has 1 amide bonds. The number of carbonyl (C=O) groups is 2. The first-order chi connectivity index (χ1) is 10.1. The van der Waals surface area contributed by atoms with Gasteiger partial charge in [-0.2, -0.15) is 0 Å². The molecule has 1 aliphatic rings. The van der Waals surface area contributed by atoms with Gasteiger partial charge in [0.15, 0.2) is 0 Å². The molecule has 0 saturated carbocycles. The van der Waals surface area contributed by atoms with Crippen LogP contribution >= 0.6 is 0 Å². The number of esters is 1. The molecule has 0 radical (unpaired) electrons. The van der Waals surface area contributed by atoms with E-state index in [4.69, 9.17) is 4.74 Å². The lowest BCUT2D eigenvalue weighted by Crippen LogP contribution is -2.22. The molecule has 1 aromatic carbocycles. The van der Waals surface area contributed by atoms with Crippen LogP contribution in [0.4, 0.5) is 4.79 Å². The van der Waals surface area contributed by atoms with Crippen LogP contribution in [0.5, 0.6) is 0 Å². The predicted molar refractivity (Wildman–Crippen MR) is 81.9 cm³/mol. The second-order valence-electron chi connectivity index (χ2n) is 5.69. The van der Waals surface area contributed by atoms with Gasteiger partial charge in [-0.3, -0.25) is 0 Å². The minimum atomic E-state index is -3.02. The van der Waals surface area contributed by atoms with Crippen LogP contribution in [0.1, 0.15) is 36.7 Å². The number of amides is 1. The zero-order chi connectivity index (χ0) is 16.5. The average molecular weight is 323 g/mol. The highest BCUT2D eigenvalue weighted by Crippen LogP contribution is 2.30. The van der Waals surface area contributed by atoms with Crippen molar-refractivity contribution in [3.8, 4) is 0 Å². The molecule has 0 aromatic heterocycles. The number of hydrogen-bond acceptors (Lipinski definition) is 5. The Morgan fingerprint density at radius 1 is 1.23 bits per heavy atom. The Morgan fingerprint density at radius 3 is 2.50 bits per heavy atom. The van der Waals surface area contributed by atoms with Crippen molar-refractivity contribution in [3.63, 3.8) is 0 Å². The van der Waals surface area contributed by atoms with Gasteiger partial charge in [0.25, 0.3) is 0 Å². The SMILES string of the molecule is COC(=O)c1ccc2c(c1)C=CS2(=O)=NC(=O)OC(C)(C)C. The summed E-state index contributed by atoms with van der Waals surface area (Å²) in [4.78, 5) is 23.6. The van der Waals surface area contributed by atoms with E-state index in [1.165, 1.54) is 24.7 Å². The molecule has 118 valence electrons. The summed E-state index contributed by atoms with van der Waals surface area (Å²) < 4.78 is 26.2. The minimum absolute atomic E-state index is 0.340. The quantitative estimate of drug-likeness (QED) is 0.741. The third-order valence-electron chi connectivity index (χ3n) is 2.78. The largest absolute Gasteiger partial charge is 0.465 e. The van der Waals surface area contributed by atoms with Crippen LogP contribution in [0.2, 0.25) is 0 Å². The van der Waals surface area contributed by atoms with E-state index in [0.717, 1.165) is 0 Å². The Balaban J connectivity index is 2.40. The zero-order valence-corrected chi connectivity index (χ0v) is 13.6. The maximum absolute atomic E-state index is 12.8. The monoisotopic (exact) mass is 323 g/mol. The van der Waals surface area contributed by atoms with Gasteiger partial charge >= 0.3 is 12.1 Å². The first-order valence-electron chi connectivity index (χ1n) is 6.55. The van der Waals surface area contributed by atoms with Crippen LogP contribution in [-0.2, 0) is 19.2 Å². The lowest BCUT2D eigenvalue weighted by molar-refractivity contribution is 0.0593. The van der Waals surface area contributed by atoms with E-state index >= 15 is 0 Å². The van der Waals surface area contributed by atoms with Crippen molar-refractivity contribution < 1.29 is 23.3 Å². The van der Waals surface area contributed by atoms with Crippen LogP contribution in [0.3, 0.4) is 0 Å². The molecule has 0 N–H and O–H groups in total. The van der Waals surface area contributed by atoms with Gasteiger partial charge in [0.1, 0.15) is 15.3 Å². The van der Waals surface area contributed by atoms with E-state index < -0.39 is 27.4 Å². The number of ether oxygens (including phenoxy) is 2. The number of rotatable bonds is 1. The fourth-order valence-corrected chi connectivity index (χ4v) is 3.52. The molecule has 1 aliphatic heterocycles. The van der Waals surface area contributed by atoms with Crippen molar-refractivity contribution >= 4 is 27.9 Å². The summed E-state index contributed by atoms with van der Waals surface area (Å²) in [6.45, 7) is 5.11. The highest BCUT2D eigenvalue weighted by Gasteiger charge is 2.24. The normalized spacial score (nSPS) is 19.5. The summed E-state index contributed by atoms with van der Waals surface area (Å²) in [6.07, 6.45) is 0.685. The lowest BCUT2D eigenvalue weighted by atomic mass is 10.1. The second kappa shape index (κ2) is 5.57. The molecular formula is C15H17NO5S. The van der Waals surface area contributed by atoms with Crippen molar-refractivity contribution in [1.29, 1.82) is 0 Å². The molecule has 1 aromatic rings. The highest BCUT2D eigenvalue weighted by molar-refractivity contribution is 7.97. The fourth-order valence-electron chi connectivity index (χ4n) is 1.90. The molecule has 1 atom stereocenters. The standard InChI is InChI=1S/C15H17NO5S/c1-15(2,3)21-14(18)16-22(19)8-7-10-9-11(13(17)20-4)5-6-12(10)22/h5-9H,1-4H3. The topological polar surface area (TPSA) is 82.0 Å². The van der Waals surface area contributed by atoms with Crippen LogP contribution in [-0.4, -0.2) is 29.0 Å². The molecule has 0 fully saturated rings. The zero-order valence-electron chi connectivity index (χ0n) is 12.8. The Hall–Kier alpha value is -2.15. The average Bonchev–Trinajstić information content (AvgIpc) is 2.72. The summed E-state index contributed by atoms with van der Waals surface area (Å²) in [6, 6.07) is 4.55. The molecular weight excluding hydrogens is 306 g/mol. The van der Waals surface area contributed by atoms with Gasteiger partial charge < -0.3 is 9.47 Å². The minimum Gasteiger partial charge on any atom is -0.465 e. The van der Waals surface area contributed by atoms with E-state index in [-0.39, 0.29) is 0 Å². The smallest absolute Gasteiger partial charge is 0.442 e. The summed E-state index contributed by atoms with van der Waals surface area (Å²) in [5.74, 6) is -0.487. The summed E-state index contributed by atoms with van der Waals surface area (Å²) in [7, 11) is -1.73. The van der Waals surface area contributed by atoms with Crippen LogP contribution in [0.25, 0.3) is 6.08 Å². The Labute approximate surface area is 129 Å². The maximum atomic E-state index is 12.8. The van der Waals surface area contributed by atoms with Gasteiger partial charge in [0.05, 0.1) is 17.6 Å². The lowest BCUT2D eigenvalue weighted by Gasteiger charge is -2.17. The van der Waals surface area contributed by atoms with Crippen molar-refractivity contribution in [2.75, 3.05) is 7.11 Å².